The first-order chi connectivity index (χ1) is 17.6. The van der Waals surface area contributed by atoms with Crippen LogP contribution in [0.25, 0.3) is 22.4 Å². The third-order valence-corrected chi connectivity index (χ3v) is 5.97. The molecule has 0 aliphatic rings. The van der Waals surface area contributed by atoms with E-state index in [1.165, 1.54) is 16.8 Å². The molecule has 9 heteroatoms. The average Bonchev–Trinajstić information content (AvgIpc) is 2.91. The van der Waals surface area contributed by atoms with Crippen molar-refractivity contribution in [1.82, 2.24) is 19.5 Å². The van der Waals surface area contributed by atoms with Gasteiger partial charge in [0.1, 0.15) is 6.07 Å². The number of pyridine rings is 4. The van der Waals surface area contributed by atoms with E-state index >= 15 is 0 Å². The third-order valence-electron chi connectivity index (χ3n) is 5.97. The van der Waals surface area contributed by atoms with E-state index in [1.54, 1.807) is 69.8 Å². The summed E-state index contributed by atoms with van der Waals surface area (Å²) in [5.41, 5.74) is 3.85. The van der Waals surface area contributed by atoms with Crippen LogP contribution in [0.4, 0.5) is 5.69 Å². The summed E-state index contributed by atoms with van der Waals surface area (Å²) in [5, 5.41) is 22.0. The number of amides is 1. The van der Waals surface area contributed by atoms with Crippen LogP contribution < -0.4 is 10.9 Å². The monoisotopic (exact) mass is 489 g/mol. The first-order valence-corrected chi connectivity index (χ1v) is 11.4. The van der Waals surface area contributed by atoms with Gasteiger partial charge in [0.05, 0.1) is 40.3 Å². The molecule has 0 atom stereocenters. The normalized spacial score (nSPS) is 10.9. The third kappa shape index (κ3) is 5.12. The minimum atomic E-state index is -0.832. The number of aromatic nitrogens is 4. The van der Waals surface area contributed by atoms with Crippen molar-refractivity contribution in [3.8, 4) is 34.5 Å². The maximum absolute atomic E-state index is 12.9. The van der Waals surface area contributed by atoms with Crippen molar-refractivity contribution >= 4 is 11.6 Å². The summed E-state index contributed by atoms with van der Waals surface area (Å²) in [6, 6.07) is 14.1. The highest BCUT2D eigenvalue weighted by Gasteiger charge is 2.23. The number of aryl methyl sites for hydroxylation is 2. The highest BCUT2D eigenvalue weighted by atomic mass is 16.1. The second kappa shape index (κ2) is 9.84. The summed E-state index contributed by atoms with van der Waals surface area (Å²) in [6.45, 7) is 5.30. The minimum absolute atomic E-state index is 0.156. The van der Waals surface area contributed by atoms with Gasteiger partial charge in [-0.25, -0.2) is 0 Å². The summed E-state index contributed by atoms with van der Waals surface area (Å²) in [6.07, 6.45) is 6.32. The zero-order chi connectivity index (χ0) is 26.7. The molecule has 0 aliphatic carbocycles. The molecule has 0 unspecified atom stereocenters. The summed E-state index contributed by atoms with van der Waals surface area (Å²) < 4.78 is 1.43. The Kier molecular flexibility index (Phi) is 6.64. The molecule has 37 heavy (non-hydrogen) atoms. The van der Waals surface area contributed by atoms with E-state index in [0.29, 0.717) is 50.6 Å². The number of nitrogens with zero attached hydrogens (tertiary/aromatic N) is 6. The standard InChI is InChI=1S/C28H23N7O2/c1-17-23(21-9-20(12-29)26(33-13-21)19-5-6-25(36)35(4)15-19)11-22(14-32-17)34-27(37)18-7-8-31-24(10-18)28(2,3)16-30/h5-11,13-15H,1-4H3,(H,34,37). The molecule has 1 amide bonds. The molecular weight excluding hydrogens is 466 g/mol. The zero-order valence-electron chi connectivity index (χ0n) is 20.8. The number of hydrogen-bond donors (Lipinski definition) is 1. The maximum Gasteiger partial charge on any atom is 0.255 e. The fourth-order valence-corrected chi connectivity index (χ4v) is 3.73. The Balaban J connectivity index is 1.66. The molecule has 0 spiro atoms. The van der Waals surface area contributed by atoms with Crippen LogP contribution in [-0.2, 0) is 12.5 Å². The second-order valence-electron chi connectivity index (χ2n) is 9.08. The van der Waals surface area contributed by atoms with Crippen LogP contribution >= 0.6 is 0 Å². The van der Waals surface area contributed by atoms with Crippen molar-refractivity contribution in [3.63, 3.8) is 0 Å². The lowest BCUT2D eigenvalue weighted by molar-refractivity contribution is 0.102. The maximum atomic E-state index is 12.9. The Labute approximate surface area is 213 Å². The first-order valence-electron chi connectivity index (χ1n) is 11.4. The quantitative estimate of drug-likeness (QED) is 0.445. The summed E-state index contributed by atoms with van der Waals surface area (Å²) >= 11 is 0. The Bertz CT molecular complexity index is 1670. The number of nitrogens with one attached hydrogen (secondary N) is 1. The van der Waals surface area contributed by atoms with Gasteiger partial charge < -0.3 is 9.88 Å². The molecule has 4 heterocycles. The van der Waals surface area contributed by atoms with Crippen molar-refractivity contribution in [3.05, 3.63) is 94.1 Å². The van der Waals surface area contributed by atoms with E-state index in [1.807, 2.05) is 6.92 Å². The predicted octanol–water partition coefficient (Wildman–Crippen LogP) is 4.14. The molecule has 182 valence electrons. The van der Waals surface area contributed by atoms with Gasteiger partial charge in [-0.3, -0.25) is 24.5 Å². The van der Waals surface area contributed by atoms with Crippen molar-refractivity contribution in [2.24, 2.45) is 7.05 Å². The van der Waals surface area contributed by atoms with Gasteiger partial charge >= 0.3 is 0 Å². The lowest BCUT2D eigenvalue weighted by atomic mass is 9.90. The SMILES string of the molecule is Cc1ncc(NC(=O)c2ccnc(C(C)(C)C#N)c2)cc1-c1cnc(-c2ccc(=O)n(C)c2)c(C#N)c1. The molecule has 4 rings (SSSR count). The Hall–Kier alpha value is -5.15. The molecule has 1 N–H and O–H groups in total. The molecule has 0 aromatic carbocycles. The van der Waals surface area contributed by atoms with Gasteiger partial charge in [-0.2, -0.15) is 10.5 Å². The van der Waals surface area contributed by atoms with E-state index in [4.69, 9.17) is 0 Å². The van der Waals surface area contributed by atoms with Crippen LogP contribution in [0, 0.1) is 29.6 Å². The minimum Gasteiger partial charge on any atom is -0.321 e. The first kappa shape index (κ1) is 25.0. The van der Waals surface area contributed by atoms with Gasteiger partial charge in [-0.1, -0.05) is 0 Å². The van der Waals surface area contributed by atoms with Crippen LogP contribution in [0.3, 0.4) is 0 Å². The van der Waals surface area contributed by atoms with Gasteiger partial charge in [0, 0.05) is 59.7 Å². The van der Waals surface area contributed by atoms with Crippen LogP contribution in [0.1, 0.15) is 41.2 Å². The number of nitriles is 2. The number of hydrogen-bond acceptors (Lipinski definition) is 7. The predicted molar refractivity (Wildman–Crippen MR) is 138 cm³/mol. The molecule has 4 aromatic rings. The summed E-state index contributed by atoms with van der Waals surface area (Å²) in [4.78, 5) is 37.8. The van der Waals surface area contributed by atoms with Gasteiger partial charge in [0.2, 0.25) is 5.56 Å². The van der Waals surface area contributed by atoms with Crippen LogP contribution in [0.5, 0.6) is 0 Å². The smallest absolute Gasteiger partial charge is 0.255 e. The van der Waals surface area contributed by atoms with Gasteiger partial charge in [-0.15, -0.1) is 0 Å². The van der Waals surface area contributed by atoms with Gasteiger partial charge in [0.15, 0.2) is 0 Å². The van der Waals surface area contributed by atoms with Crippen molar-refractivity contribution < 1.29 is 4.79 Å². The van der Waals surface area contributed by atoms with E-state index in [2.05, 4.69) is 32.4 Å². The van der Waals surface area contributed by atoms with Crippen LogP contribution in [0.2, 0.25) is 0 Å². The molecular formula is C28H23N7O2. The van der Waals surface area contributed by atoms with E-state index in [-0.39, 0.29) is 11.5 Å². The molecule has 0 radical (unpaired) electrons. The molecule has 0 saturated heterocycles. The molecule has 0 fully saturated rings. The number of carbonyl (C=O) groups excluding carboxylic acids is 1. The highest BCUT2D eigenvalue weighted by Crippen LogP contribution is 2.29. The van der Waals surface area contributed by atoms with Crippen LogP contribution in [0.15, 0.2) is 66.0 Å². The van der Waals surface area contributed by atoms with E-state index < -0.39 is 5.41 Å². The lowest BCUT2D eigenvalue weighted by Gasteiger charge is -2.15. The van der Waals surface area contributed by atoms with Crippen molar-refractivity contribution in [2.45, 2.75) is 26.2 Å². The summed E-state index contributed by atoms with van der Waals surface area (Å²) in [7, 11) is 1.64. The van der Waals surface area contributed by atoms with E-state index in [0.717, 1.165) is 0 Å². The van der Waals surface area contributed by atoms with Crippen molar-refractivity contribution in [1.29, 1.82) is 10.5 Å². The van der Waals surface area contributed by atoms with E-state index in [9.17, 15) is 20.1 Å². The molecule has 0 aliphatic heterocycles. The fraction of sp³-hybridized carbons (Fsp3) is 0.179. The summed E-state index contributed by atoms with van der Waals surface area (Å²) in [5.74, 6) is -0.366. The van der Waals surface area contributed by atoms with Gasteiger partial charge in [0.25, 0.3) is 5.91 Å². The number of anilines is 1. The molecule has 9 nitrogen and oxygen atoms in total. The van der Waals surface area contributed by atoms with Crippen molar-refractivity contribution in [2.75, 3.05) is 5.32 Å². The highest BCUT2D eigenvalue weighted by molar-refractivity contribution is 6.04. The molecule has 4 aromatic heterocycles. The largest absolute Gasteiger partial charge is 0.321 e. The van der Waals surface area contributed by atoms with Crippen LogP contribution in [-0.4, -0.2) is 25.4 Å². The van der Waals surface area contributed by atoms with Gasteiger partial charge in [-0.05, 0) is 51.1 Å². The fourth-order valence-electron chi connectivity index (χ4n) is 3.73. The Morgan fingerprint density at radius 3 is 2.51 bits per heavy atom. The average molecular weight is 490 g/mol. The zero-order valence-corrected chi connectivity index (χ0v) is 20.8. The molecule has 0 saturated carbocycles. The number of carbonyl (C=O) groups is 1. The Morgan fingerprint density at radius 2 is 1.81 bits per heavy atom. The second-order valence-corrected chi connectivity index (χ2v) is 9.08. The topological polar surface area (TPSA) is 137 Å². The Morgan fingerprint density at radius 1 is 1.03 bits per heavy atom. The molecule has 0 bridgehead atoms. The number of rotatable bonds is 5. The lowest BCUT2D eigenvalue weighted by Crippen LogP contribution is -2.18.